The molecule has 0 spiro atoms. The van der Waals surface area contributed by atoms with Gasteiger partial charge in [0, 0.05) is 43.4 Å². The van der Waals surface area contributed by atoms with Gasteiger partial charge >= 0.3 is 0 Å². The van der Waals surface area contributed by atoms with Gasteiger partial charge in [0.05, 0.1) is 7.11 Å². The van der Waals surface area contributed by atoms with E-state index < -0.39 is 32.5 Å². The number of benzene rings is 1. The van der Waals surface area contributed by atoms with E-state index in [0.717, 1.165) is 18.4 Å². The van der Waals surface area contributed by atoms with Crippen molar-refractivity contribution in [1.29, 1.82) is 0 Å². The summed E-state index contributed by atoms with van der Waals surface area (Å²) in [6, 6.07) is 7.67. The molecule has 0 bridgehead atoms. The van der Waals surface area contributed by atoms with Crippen molar-refractivity contribution in [2.24, 2.45) is 0 Å². The molecule has 0 radical (unpaired) electrons. The van der Waals surface area contributed by atoms with E-state index >= 15 is 0 Å². The predicted molar refractivity (Wildman–Crippen MR) is 116 cm³/mol. The molecular weight excluding hydrogens is 458 g/mol. The number of hydrogen-bond donors (Lipinski definition) is 3. The standard InChI is InChI=1S/C20H20F2N6O4S/c1-32-19-13(4-3-7-25-19)18(29)24-9-8-23-16-11-17(28-20(27-16)33(2,30)31)26-12-5-6-14(21)15(22)10-12/h3-7,10-11H,8-9H2,1-2H3,(H,24,29)(H2,23,26,27,28). The van der Waals surface area contributed by atoms with Gasteiger partial charge in [0.15, 0.2) is 11.6 Å². The molecule has 2 aromatic heterocycles. The molecule has 3 rings (SSSR count). The van der Waals surface area contributed by atoms with Crippen LogP contribution >= 0.6 is 0 Å². The van der Waals surface area contributed by atoms with Gasteiger partial charge in [-0.1, -0.05) is 0 Å². The number of nitrogens with zero attached hydrogens (tertiary/aromatic N) is 3. The van der Waals surface area contributed by atoms with E-state index in [0.29, 0.717) is 0 Å². The number of carbonyl (C=O) groups is 1. The fourth-order valence-corrected chi connectivity index (χ4v) is 3.18. The van der Waals surface area contributed by atoms with Crippen LogP contribution in [-0.2, 0) is 9.84 Å². The van der Waals surface area contributed by atoms with Gasteiger partial charge in [0.1, 0.15) is 17.2 Å². The maximum absolute atomic E-state index is 13.5. The minimum Gasteiger partial charge on any atom is -0.480 e. The van der Waals surface area contributed by atoms with Crippen molar-refractivity contribution >= 4 is 33.1 Å². The van der Waals surface area contributed by atoms with E-state index in [2.05, 4.69) is 30.9 Å². The molecule has 0 unspecified atom stereocenters. The van der Waals surface area contributed by atoms with E-state index in [1.54, 1.807) is 12.1 Å². The van der Waals surface area contributed by atoms with E-state index in [9.17, 15) is 22.0 Å². The second-order valence-electron chi connectivity index (χ2n) is 6.69. The van der Waals surface area contributed by atoms with Crippen LogP contribution < -0.4 is 20.7 Å². The fraction of sp³-hybridized carbons (Fsp3) is 0.200. The highest BCUT2D eigenvalue weighted by Gasteiger charge is 2.16. The molecule has 33 heavy (non-hydrogen) atoms. The minimum absolute atomic E-state index is 0.0445. The van der Waals surface area contributed by atoms with Gasteiger partial charge in [-0.3, -0.25) is 4.79 Å². The average Bonchev–Trinajstić information content (AvgIpc) is 2.78. The van der Waals surface area contributed by atoms with Crippen LogP contribution in [0.3, 0.4) is 0 Å². The van der Waals surface area contributed by atoms with Crippen molar-refractivity contribution in [3.05, 3.63) is 59.8 Å². The normalized spacial score (nSPS) is 11.0. The highest BCUT2D eigenvalue weighted by molar-refractivity contribution is 7.90. The van der Waals surface area contributed by atoms with Crippen LogP contribution in [0.2, 0.25) is 0 Å². The Morgan fingerprint density at radius 1 is 1.06 bits per heavy atom. The third kappa shape index (κ3) is 6.32. The lowest BCUT2D eigenvalue weighted by atomic mass is 10.2. The molecule has 3 N–H and O–H groups in total. The number of aromatic nitrogens is 3. The second kappa shape index (κ2) is 10.2. The number of ether oxygens (including phenoxy) is 1. The summed E-state index contributed by atoms with van der Waals surface area (Å²) in [4.78, 5) is 24.1. The minimum atomic E-state index is -3.77. The molecule has 1 aromatic carbocycles. The summed E-state index contributed by atoms with van der Waals surface area (Å²) in [7, 11) is -2.37. The lowest BCUT2D eigenvalue weighted by Gasteiger charge is -2.12. The molecule has 10 nitrogen and oxygen atoms in total. The first-order valence-electron chi connectivity index (χ1n) is 9.49. The zero-order valence-electron chi connectivity index (χ0n) is 17.6. The Kier molecular flexibility index (Phi) is 7.33. The summed E-state index contributed by atoms with van der Waals surface area (Å²) in [5, 5.41) is 7.81. The number of halogens is 2. The quantitative estimate of drug-likeness (QED) is 0.312. The first-order valence-corrected chi connectivity index (χ1v) is 11.4. The first kappa shape index (κ1) is 23.8. The topological polar surface area (TPSA) is 135 Å². The molecule has 3 aromatic rings. The Hall–Kier alpha value is -3.87. The molecule has 2 heterocycles. The summed E-state index contributed by atoms with van der Waals surface area (Å²) < 4.78 is 55.6. The third-order valence-corrected chi connectivity index (χ3v) is 5.00. The first-order chi connectivity index (χ1) is 15.7. The average molecular weight is 478 g/mol. The SMILES string of the molecule is COc1ncccc1C(=O)NCCNc1cc(Nc2ccc(F)c(F)c2)nc(S(C)(=O)=O)n1. The summed E-state index contributed by atoms with van der Waals surface area (Å²) in [6.07, 6.45) is 2.44. The van der Waals surface area contributed by atoms with Crippen LogP contribution in [0.1, 0.15) is 10.4 Å². The van der Waals surface area contributed by atoms with Crippen LogP contribution in [-0.4, -0.2) is 55.7 Å². The van der Waals surface area contributed by atoms with Crippen LogP contribution in [0.5, 0.6) is 5.88 Å². The van der Waals surface area contributed by atoms with Crippen molar-refractivity contribution in [3.63, 3.8) is 0 Å². The van der Waals surface area contributed by atoms with Gasteiger partial charge < -0.3 is 20.7 Å². The number of pyridine rings is 1. The van der Waals surface area contributed by atoms with Gasteiger partial charge in [-0.25, -0.2) is 32.2 Å². The van der Waals surface area contributed by atoms with Crippen molar-refractivity contribution in [3.8, 4) is 5.88 Å². The zero-order valence-corrected chi connectivity index (χ0v) is 18.4. The second-order valence-corrected chi connectivity index (χ2v) is 8.60. The fourth-order valence-electron chi connectivity index (χ4n) is 2.66. The molecule has 174 valence electrons. The Morgan fingerprint density at radius 3 is 2.52 bits per heavy atom. The van der Waals surface area contributed by atoms with Crippen molar-refractivity contribution < 1.29 is 26.7 Å². The summed E-state index contributed by atoms with van der Waals surface area (Å²) in [5.41, 5.74) is 0.426. The maximum atomic E-state index is 13.5. The molecule has 0 fully saturated rings. The van der Waals surface area contributed by atoms with E-state index in [-0.39, 0.29) is 41.9 Å². The Labute approximate surface area is 188 Å². The number of anilines is 3. The monoisotopic (exact) mass is 478 g/mol. The van der Waals surface area contributed by atoms with Gasteiger partial charge in [0.2, 0.25) is 15.7 Å². The molecule has 13 heteroatoms. The van der Waals surface area contributed by atoms with Crippen LogP contribution in [0.4, 0.5) is 26.1 Å². The van der Waals surface area contributed by atoms with Crippen molar-refractivity contribution in [2.45, 2.75) is 5.16 Å². The number of carbonyl (C=O) groups excluding carboxylic acids is 1. The van der Waals surface area contributed by atoms with Crippen LogP contribution in [0, 0.1) is 11.6 Å². The summed E-state index contributed by atoms with van der Waals surface area (Å²) in [5.74, 6) is -2.12. The molecule has 0 saturated heterocycles. The van der Waals surface area contributed by atoms with Crippen LogP contribution in [0.25, 0.3) is 0 Å². The van der Waals surface area contributed by atoms with Gasteiger partial charge in [-0.2, -0.15) is 0 Å². The van der Waals surface area contributed by atoms with Gasteiger partial charge in [-0.15, -0.1) is 0 Å². The molecule has 0 aliphatic carbocycles. The van der Waals surface area contributed by atoms with Crippen molar-refractivity contribution in [1.82, 2.24) is 20.3 Å². The Bertz CT molecular complexity index is 1270. The molecule has 0 saturated carbocycles. The molecule has 0 atom stereocenters. The Morgan fingerprint density at radius 2 is 1.82 bits per heavy atom. The van der Waals surface area contributed by atoms with Crippen LogP contribution in [0.15, 0.2) is 47.8 Å². The number of sulfone groups is 1. The predicted octanol–water partition coefficient (Wildman–Crippen LogP) is 2.15. The maximum Gasteiger partial charge on any atom is 0.256 e. The summed E-state index contributed by atoms with van der Waals surface area (Å²) in [6.45, 7) is 0.361. The zero-order chi connectivity index (χ0) is 24.0. The van der Waals surface area contributed by atoms with Crippen molar-refractivity contribution in [2.75, 3.05) is 37.1 Å². The molecule has 1 amide bonds. The smallest absolute Gasteiger partial charge is 0.256 e. The number of hydrogen-bond acceptors (Lipinski definition) is 9. The highest BCUT2D eigenvalue weighted by atomic mass is 32.2. The molecule has 0 aliphatic heterocycles. The third-order valence-electron chi connectivity index (χ3n) is 4.16. The molecular formula is C20H20F2N6O4S. The molecule has 0 aliphatic rings. The lowest BCUT2D eigenvalue weighted by Crippen LogP contribution is -2.29. The van der Waals surface area contributed by atoms with E-state index in [4.69, 9.17) is 4.74 Å². The van der Waals surface area contributed by atoms with Gasteiger partial charge in [0.25, 0.3) is 11.1 Å². The number of rotatable bonds is 9. The number of methoxy groups -OCH3 is 1. The summed E-state index contributed by atoms with van der Waals surface area (Å²) >= 11 is 0. The van der Waals surface area contributed by atoms with Gasteiger partial charge in [-0.05, 0) is 24.3 Å². The number of nitrogens with one attached hydrogen (secondary N) is 3. The highest BCUT2D eigenvalue weighted by Crippen LogP contribution is 2.21. The van der Waals surface area contributed by atoms with E-state index in [1.807, 2.05) is 0 Å². The lowest BCUT2D eigenvalue weighted by molar-refractivity contribution is 0.0951. The Balaban J connectivity index is 1.69. The van der Waals surface area contributed by atoms with E-state index in [1.165, 1.54) is 25.4 Å². The largest absolute Gasteiger partial charge is 0.480 e. The number of amides is 1.